The quantitative estimate of drug-likeness (QED) is 0.908. The van der Waals surface area contributed by atoms with Crippen LogP contribution in [0.3, 0.4) is 0 Å². The fourth-order valence-electron chi connectivity index (χ4n) is 1.74. The van der Waals surface area contributed by atoms with Crippen molar-refractivity contribution in [2.24, 2.45) is 0 Å². The molecule has 1 heterocycles. The molecule has 19 heavy (non-hydrogen) atoms. The molecule has 0 radical (unpaired) electrons. The van der Waals surface area contributed by atoms with E-state index in [2.05, 4.69) is 11.1 Å². The van der Waals surface area contributed by atoms with Crippen LogP contribution in [0.1, 0.15) is 16.1 Å². The number of aromatic carboxylic acids is 1. The van der Waals surface area contributed by atoms with Crippen LogP contribution in [-0.4, -0.2) is 23.1 Å². The lowest BCUT2D eigenvalue weighted by Crippen LogP contribution is -2.12. The smallest absolute Gasteiger partial charge is 0.354 e. The van der Waals surface area contributed by atoms with Gasteiger partial charge in [-0.1, -0.05) is 12.1 Å². The number of carboxylic acids is 1. The number of para-hydroxylation sites is 1. The van der Waals surface area contributed by atoms with Gasteiger partial charge in [-0.2, -0.15) is 5.26 Å². The molecule has 1 aromatic heterocycles. The monoisotopic (exact) mass is 253 g/mol. The molecule has 1 aromatic carbocycles. The Morgan fingerprint density at radius 3 is 2.79 bits per heavy atom. The van der Waals surface area contributed by atoms with Crippen LogP contribution in [-0.2, 0) is 0 Å². The highest BCUT2D eigenvalue weighted by molar-refractivity contribution is 5.87. The third-order valence-electron chi connectivity index (χ3n) is 2.74. The Bertz CT molecular complexity index is 662. The second-order valence-electron chi connectivity index (χ2n) is 3.89. The van der Waals surface area contributed by atoms with Gasteiger partial charge in [0, 0.05) is 18.9 Å². The molecule has 0 saturated heterocycles. The molecule has 0 unspecified atom stereocenters. The Labute approximate surface area is 110 Å². The van der Waals surface area contributed by atoms with Crippen molar-refractivity contribution < 1.29 is 9.90 Å². The van der Waals surface area contributed by atoms with E-state index >= 15 is 0 Å². The molecule has 0 aliphatic heterocycles. The first kappa shape index (κ1) is 12.6. The molecule has 0 fully saturated rings. The summed E-state index contributed by atoms with van der Waals surface area (Å²) >= 11 is 0. The van der Waals surface area contributed by atoms with Crippen LogP contribution in [0.5, 0.6) is 0 Å². The Balaban J connectivity index is 2.44. The zero-order chi connectivity index (χ0) is 13.8. The average Bonchev–Trinajstić information content (AvgIpc) is 2.46. The molecule has 1 N–H and O–H groups in total. The maximum absolute atomic E-state index is 10.9. The molecule has 0 aliphatic rings. The Kier molecular flexibility index (Phi) is 3.44. The summed E-state index contributed by atoms with van der Waals surface area (Å²) < 4.78 is 0. The molecule has 5 heteroatoms. The van der Waals surface area contributed by atoms with E-state index < -0.39 is 5.97 Å². The SMILES string of the molecule is CN(c1ccnc(C(=O)O)c1)c1ccccc1C#N. The van der Waals surface area contributed by atoms with E-state index in [1.807, 2.05) is 6.07 Å². The van der Waals surface area contributed by atoms with Crippen LogP contribution in [0.2, 0.25) is 0 Å². The lowest BCUT2D eigenvalue weighted by molar-refractivity contribution is 0.0690. The number of carbonyl (C=O) groups is 1. The van der Waals surface area contributed by atoms with Crippen molar-refractivity contribution in [3.63, 3.8) is 0 Å². The van der Waals surface area contributed by atoms with Crippen molar-refractivity contribution >= 4 is 17.3 Å². The summed E-state index contributed by atoms with van der Waals surface area (Å²) in [5, 5.41) is 18.0. The molecular weight excluding hydrogens is 242 g/mol. The van der Waals surface area contributed by atoms with Crippen LogP contribution in [0.15, 0.2) is 42.6 Å². The molecule has 5 nitrogen and oxygen atoms in total. The molecule has 0 atom stereocenters. The number of anilines is 2. The van der Waals surface area contributed by atoms with Gasteiger partial charge in [0.2, 0.25) is 0 Å². The minimum atomic E-state index is -1.08. The van der Waals surface area contributed by atoms with Gasteiger partial charge in [0.15, 0.2) is 0 Å². The van der Waals surface area contributed by atoms with Gasteiger partial charge in [-0.25, -0.2) is 9.78 Å². The highest BCUT2D eigenvalue weighted by atomic mass is 16.4. The number of benzene rings is 1. The van der Waals surface area contributed by atoms with Crippen molar-refractivity contribution in [1.82, 2.24) is 4.98 Å². The summed E-state index contributed by atoms with van der Waals surface area (Å²) in [7, 11) is 1.77. The number of pyridine rings is 1. The summed E-state index contributed by atoms with van der Waals surface area (Å²) in [5.74, 6) is -1.08. The van der Waals surface area contributed by atoms with Crippen LogP contribution >= 0.6 is 0 Å². The molecule has 0 spiro atoms. The average molecular weight is 253 g/mol. The van der Waals surface area contributed by atoms with E-state index in [9.17, 15) is 4.79 Å². The highest BCUT2D eigenvalue weighted by Gasteiger charge is 2.11. The predicted octanol–water partition coefficient (Wildman–Crippen LogP) is 2.42. The first-order valence-electron chi connectivity index (χ1n) is 5.55. The number of rotatable bonds is 3. The van der Waals surface area contributed by atoms with Gasteiger partial charge in [-0.3, -0.25) is 0 Å². The van der Waals surface area contributed by atoms with Gasteiger partial charge in [-0.05, 0) is 24.3 Å². The first-order chi connectivity index (χ1) is 9.13. The fraction of sp³-hybridized carbons (Fsp3) is 0.0714. The topological polar surface area (TPSA) is 77.2 Å². The Morgan fingerprint density at radius 2 is 2.11 bits per heavy atom. The molecule has 0 saturated carbocycles. The lowest BCUT2D eigenvalue weighted by atomic mass is 10.1. The number of aromatic nitrogens is 1. The van der Waals surface area contributed by atoms with Crippen molar-refractivity contribution in [1.29, 1.82) is 5.26 Å². The molecule has 0 amide bonds. The fourth-order valence-corrected chi connectivity index (χ4v) is 1.74. The van der Waals surface area contributed by atoms with E-state index in [0.29, 0.717) is 16.9 Å². The second-order valence-corrected chi connectivity index (χ2v) is 3.89. The molecule has 0 bridgehead atoms. The molecule has 0 aliphatic carbocycles. The maximum Gasteiger partial charge on any atom is 0.354 e. The molecule has 2 rings (SSSR count). The number of nitrogens with zero attached hydrogens (tertiary/aromatic N) is 3. The zero-order valence-electron chi connectivity index (χ0n) is 10.2. The first-order valence-corrected chi connectivity index (χ1v) is 5.55. The van der Waals surface area contributed by atoms with Crippen LogP contribution in [0, 0.1) is 11.3 Å². The minimum Gasteiger partial charge on any atom is -0.477 e. The third-order valence-corrected chi connectivity index (χ3v) is 2.74. The van der Waals surface area contributed by atoms with Gasteiger partial charge in [0.1, 0.15) is 11.8 Å². The summed E-state index contributed by atoms with van der Waals surface area (Å²) in [6.45, 7) is 0. The Morgan fingerprint density at radius 1 is 1.37 bits per heavy atom. The number of carboxylic acid groups (broad SMARTS) is 1. The Hall–Kier alpha value is -2.87. The van der Waals surface area contributed by atoms with Gasteiger partial charge in [-0.15, -0.1) is 0 Å². The number of hydrogen-bond donors (Lipinski definition) is 1. The summed E-state index contributed by atoms with van der Waals surface area (Å²) in [6.07, 6.45) is 1.43. The second kappa shape index (κ2) is 5.19. The van der Waals surface area contributed by atoms with Crippen LogP contribution < -0.4 is 4.90 Å². The third kappa shape index (κ3) is 2.53. The van der Waals surface area contributed by atoms with Crippen molar-refractivity contribution in [3.8, 4) is 6.07 Å². The van der Waals surface area contributed by atoms with Gasteiger partial charge >= 0.3 is 5.97 Å². The number of hydrogen-bond acceptors (Lipinski definition) is 4. The normalized spacial score (nSPS) is 9.68. The lowest BCUT2D eigenvalue weighted by Gasteiger charge is -2.20. The molecule has 2 aromatic rings. The number of nitriles is 1. The van der Waals surface area contributed by atoms with Crippen molar-refractivity contribution in [2.75, 3.05) is 11.9 Å². The van der Waals surface area contributed by atoms with E-state index in [1.54, 1.807) is 36.2 Å². The van der Waals surface area contributed by atoms with E-state index in [4.69, 9.17) is 10.4 Å². The van der Waals surface area contributed by atoms with Gasteiger partial charge in [0.05, 0.1) is 11.3 Å². The van der Waals surface area contributed by atoms with E-state index in [1.165, 1.54) is 12.3 Å². The van der Waals surface area contributed by atoms with Gasteiger partial charge in [0.25, 0.3) is 0 Å². The van der Waals surface area contributed by atoms with E-state index in [0.717, 1.165) is 0 Å². The summed E-state index contributed by atoms with van der Waals surface area (Å²) in [4.78, 5) is 16.4. The van der Waals surface area contributed by atoms with Crippen molar-refractivity contribution in [3.05, 3.63) is 53.9 Å². The van der Waals surface area contributed by atoms with Crippen LogP contribution in [0.25, 0.3) is 0 Å². The van der Waals surface area contributed by atoms with Crippen molar-refractivity contribution in [2.45, 2.75) is 0 Å². The standard InChI is InChI=1S/C14H11N3O2/c1-17(13-5-3-2-4-10(13)9-15)11-6-7-16-12(8-11)14(18)19/h2-8H,1H3,(H,18,19). The molecule has 94 valence electrons. The summed E-state index contributed by atoms with van der Waals surface area (Å²) in [6, 6.07) is 12.4. The zero-order valence-corrected chi connectivity index (χ0v) is 10.2. The largest absolute Gasteiger partial charge is 0.477 e. The van der Waals surface area contributed by atoms with Gasteiger partial charge < -0.3 is 10.0 Å². The molecular formula is C14H11N3O2. The summed E-state index contributed by atoms with van der Waals surface area (Å²) in [5.41, 5.74) is 1.88. The van der Waals surface area contributed by atoms with Crippen LogP contribution in [0.4, 0.5) is 11.4 Å². The highest BCUT2D eigenvalue weighted by Crippen LogP contribution is 2.26. The van der Waals surface area contributed by atoms with E-state index in [-0.39, 0.29) is 5.69 Å². The maximum atomic E-state index is 10.9. The minimum absolute atomic E-state index is 0.0289. The predicted molar refractivity (Wildman–Crippen MR) is 70.4 cm³/mol.